The minimum atomic E-state index is -0.811. The predicted octanol–water partition coefficient (Wildman–Crippen LogP) is 2.88. The van der Waals surface area contributed by atoms with Crippen LogP contribution in [0.15, 0.2) is 11.3 Å². The summed E-state index contributed by atoms with van der Waals surface area (Å²) in [5, 5.41) is 8.92. The van der Waals surface area contributed by atoms with Crippen molar-refractivity contribution in [1.82, 2.24) is 4.90 Å². The zero-order chi connectivity index (χ0) is 11.8. The van der Waals surface area contributed by atoms with Crippen molar-refractivity contribution in [3.05, 3.63) is 11.3 Å². The average Bonchev–Trinajstić information content (AvgIpc) is 2.16. The summed E-state index contributed by atoms with van der Waals surface area (Å²) in [6.07, 6.45) is 5.56. The Bertz CT molecular complexity index is 232. The Labute approximate surface area is 92.8 Å². The van der Waals surface area contributed by atoms with Crippen molar-refractivity contribution in [2.45, 2.75) is 46.0 Å². The standard InChI is InChI=1S/C12H23NO2/c1-5-6-7-8-9-11(13(3)4)10(2)12(14)15/h5-9H2,1-4H3,(H,14,15)/b11-10+. The van der Waals surface area contributed by atoms with Gasteiger partial charge in [-0.2, -0.15) is 0 Å². The molecule has 0 saturated carbocycles. The molecule has 1 N–H and O–H groups in total. The third kappa shape index (κ3) is 5.45. The lowest BCUT2D eigenvalue weighted by atomic mass is 10.1. The summed E-state index contributed by atoms with van der Waals surface area (Å²) in [4.78, 5) is 12.8. The van der Waals surface area contributed by atoms with Crippen molar-refractivity contribution in [1.29, 1.82) is 0 Å². The van der Waals surface area contributed by atoms with Crippen LogP contribution in [0.1, 0.15) is 46.0 Å². The van der Waals surface area contributed by atoms with Crippen LogP contribution in [0, 0.1) is 0 Å². The van der Waals surface area contributed by atoms with Gasteiger partial charge in [-0.1, -0.05) is 26.2 Å². The molecular weight excluding hydrogens is 190 g/mol. The second-order valence-electron chi connectivity index (χ2n) is 4.08. The van der Waals surface area contributed by atoms with E-state index in [0.717, 1.165) is 18.5 Å². The quantitative estimate of drug-likeness (QED) is 0.522. The van der Waals surface area contributed by atoms with Gasteiger partial charge >= 0.3 is 5.97 Å². The average molecular weight is 213 g/mol. The summed E-state index contributed by atoms with van der Waals surface area (Å²) in [6.45, 7) is 3.85. The van der Waals surface area contributed by atoms with Crippen LogP contribution in [0.2, 0.25) is 0 Å². The highest BCUT2D eigenvalue weighted by molar-refractivity contribution is 5.86. The molecule has 15 heavy (non-hydrogen) atoms. The van der Waals surface area contributed by atoms with Gasteiger partial charge in [0, 0.05) is 19.8 Å². The van der Waals surface area contributed by atoms with Crippen molar-refractivity contribution in [2.75, 3.05) is 14.1 Å². The molecule has 3 heteroatoms. The molecule has 0 fully saturated rings. The zero-order valence-corrected chi connectivity index (χ0v) is 10.3. The number of aliphatic carboxylic acids is 1. The smallest absolute Gasteiger partial charge is 0.333 e. The Kier molecular flexibility index (Phi) is 6.84. The SMILES string of the molecule is CCCCCC/C(=C(/C)C(=O)O)N(C)C. The number of rotatable bonds is 7. The van der Waals surface area contributed by atoms with E-state index in [4.69, 9.17) is 5.11 Å². The van der Waals surface area contributed by atoms with Gasteiger partial charge in [0.2, 0.25) is 0 Å². The minimum absolute atomic E-state index is 0.469. The lowest BCUT2D eigenvalue weighted by molar-refractivity contribution is -0.132. The van der Waals surface area contributed by atoms with Crippen molar-refractivity contribution in [3.8, 4) is 0 Å². The molecule has 0 aliphatic rings. The highest BCUT2D eigenvalue weighted by Crippen LogP contribution is 2.16. The number of hydrogen-bond donors (Lipinski definition) is 1. The lowest BCUT2D eigenvalue weighted by Crippen LogP contribution is -2.16. The van der Waals surface area contributed by atoms with Crippen molar-refractivity contribution in [3.63, 3.8) is 0 Å². The second-order valence-corrected chi connectivity index (χ2v) is 4.08. The van der Waals surface area contributed by atoms with Crippen molar-refractivity contribution >= 4 is 5.97 Å². The van der Waals surface area contributed by atoms with E-state index in [0.29, 0.717) is 5.57 Å². The van der Waals surface area contributed by atoms with Crippen LogP contribution in [0.5, 0.6) is 0 Å². The predicted molar refractivity (Wildman–Crippen MR) is 62.8 cm³/mol. The number of allylic oxidation sites excluding steroid dienone is 1. The van der Waals surface area contributed by atoms with Crippen LogP contribution >= 0.6 is 0 Å². The first-order valence-electron chi connectivity index (χ1n) is 5.61. The maximum atomic E-state index is 10.8. The summed E-state index contributed by atoms with van der Waals surface area (Å²) in [5.74, 6) is -0.811. The Hall–Kier alpha value is -0.990. The van der Waals surface area contributed by atoms with Crippen LogP contribution in [0.4, 0.5) is 0 Å². The van der Waals surface area contributed by atoms with Gasteiger partial charge < -0.3 is 10.0 Å². The Morgan fingerprint density at radius 2 is 1.80 bits per heavy atom. The molecule has 0 heterocycles. The second kappa shape index (κ2) is 7.32. The number of unbranched alkanes of at least 4 members (excludes halogenated alkanes) is 3. The van der Waals surface area contributed by atoms with E-state index in [1.165, 1.54) is 19.3 Å². The van der Waals surface area contributed by atoms with E-state index >= 15 is 0 Å². The van der Waals surface area contributed by atoms with E-state index in [9.17, 15) is 4.79 Å². The Balaban J connectivity index is 4.29. The van der Waals surface area contributed by atoms with Gasteiger partial charge in [-0.15, -0.1) is 0 Å². The fourth-order valence-electron chi connectivity index (χ4n) is 1.59. The number of hydrogen-bond acceptors (Lipinski definition) is 2. The molecule has 3 nitrogen and oxygen atoms in total. The van der Waals surface area contributed by atoms with Crippen LogP contribution in [0.3, 0.4) is 0 Å². The molecular formula is C12H23NO2. The molecule has 0 aliphatic heterocycles. The molecule has 0 amide bonds. The first kappa shape index (κ1) is 14.0. The molecule has 0 aromatic heterocycles. The monoisotopic (exact) mass is 213 g/mol. The van der Waals surface area contributed by atoms with Gasteiger partial charge in [-0.25, -0.2) is 4.79 Å². The molecule has 0 radical (unpaired) electrons. The van der Waals surface area contributed by atoms with Crippen molar-refractivity contribution < 1.29 is 9.90 Å². The van der Waals surface area contributed by atoms with Crippen LogP contribution in [0.25, 0.3) is 0 Å². The molecule has 0 aromatic carbocycles. The fraction of sp³-hybridized carbons (Fsp3) is 0.750. The van der Waals surface area contributed by atoms with E-state index in [-0.39, 0.29) is 0 Å². The summed E-state index contributed by atoms with van der Waals surface area (Å²) in [5.41, 5.74) is 1.41. The van der Waals surface area contributed by atoms with Crippen LogP contribution < -0.4 is 0 Å². The zero-order valence-electron chi connectivity index (χ0n) is 10.3. The molecule has 0 aliphatic carbocycles. The number of carboxylic acids is 1. The van der Waals surface area contributed by atoms with Gasteiger partial charge in [-0.05, 0) is 19.8 Å². The maximum absolute atomic E-state index is 10.8. The molecule has 0 aromatic rings. The first-order valence-corrected chi connectivity index (χ1v) is 5.61. The third-order valence-electron chi connectivity index (χ3n) is 2.56. The molecule has 88 valence electrons. The van der Waals surface area contributed by atoms with Crippen LogP contribution in [-0.2, 0) is 4.79 Å². The molecule has 0 saturated heterocycles. The van der Waals surface area contributed by atoms with E-state index in [1.807, 2.05) is 19.0 Å². The number of carboxylic acid groups (broad SMARTS) is 1. The van der Waals surface area contributed by atoms with Gasteiger partial charge in [0.05, 0.1) is 5.57 Å². The van der Waals surface area contributed by atoms with Gasteiger partial charge in [0.25, 0.3) is 0 Å². The largest absolute Gasteiger partial charge is 0.478 e. The van der Waals surface area contributed by atoms with Gasteiger partial charge in [-0.3, -0.25) is 0 Å². The van der Waals surface area contributed by atoms with Gasteiger partial charge in [0.1, 0.15) is 0 Å². The minimum Gasteiger partial charge on any atom is -0.478 e. The number of carbonyl (C=O) groups is 1. The van der Waals surface area contributed by atoms with E-state index < -0.39 is 5.97 Å². The number of nitrogens with zero attached hydrogens (tertiary/aromatic N) is 1. The van der Waals surface area contributed by atoms with Gasteiger partial charge in [0.15, 0.2) is 0 Å². The summed E-state index contributed by atoms with van der Waals surface area (Å²) >= 11 is 0. The molecule has 0 spiro atoms. The lowest BCUT2D eigenvalue weighted by Gasteiger charge is -2.19. The summed E-state index contributed by atoms with van der Waals surface area (Å²) < 4.78 is 0. The highest BCUT2D eigenvalue weighted by atomic mass is 16.4. The Morgan fingerprint density at radius 3 is 2.20 bits per heavy atom. The van der Waals surface area contributed by atoms with E-state index in [2.05, 4.69) is 6.92 Å². The molecule has 0 atom stereocenters. The molecule has 0 unspecified atom stereocenters. The normalized spacial score (nSPS) is 12.3. The van der Waals surface area contributed by atoms with Crippen molar-refractivity contribution in [2.24, 2.45) is 0 Å². The third-order valence-corrected chi connectivity index (χ3v) is 2.56. The maximum Gasteiger partial charge on any atom is 0.333 e. The molecule has 0 bridgehead atoms. The fourth-order valence-corrected chi connectivity index (χ4v) is 1.59. The molecule has 0 rings (SSSR count). The van der Waals surface area contributed by atoms with E-state index in [1.54, 1.807) is 6.92 Å². The van der Waals surface area contributed by atoms with Crippen LogP contribution in [-0.4, -0.2) is 30.1 Å². The summed E-state index contributed by atoms with van der Waals surface area (Å²) in [6, 6.07) is 0. The Morgan fingerprint density at radius 1 is 1.20 bits per heavy atom. The summed E-state index contributed by atoms with van der Waals surface area (Å²) in [7, 11) is 3.81. The topological polar surface area (TPSA) is 40.5 Å². The first-order chi connectivity index (χ1) is 7.00. The highest BCUT2D eigenvalue weighted by Gasteiger charge is 2.10.